The molecule has 14 nitrogen and oxygen atoms in total. The van der Waals surface area contributed by atoms with Gasteiger partial charge in [0.05, 0.1) is 45.1 Å². The van der Waals surface area contributed by atoms with E-state index in [0.717, 1.165) is 44.5 Å². The summed E-state index contributed by atoms with van der Waals surface area (Å²) in [5.74, 6) is 0.237. The van der Waals surface area contributed by atoms with Crippen molar-refractivity contribution in [1.82, 2.24) is 0 Å². The standard InChI is InChI=1S/C55H68O14/c1-37-27-41(29-43(53(3,4)5)49(37)68-51(58)62-31-39-15-11-9-12-16-39)19-21-45(56)60-25-23-47-64-33-55(34-65-47)35-66-48(67-36-55)24-26-61-46(57)22-20-42-28-38(2)50(44(30-42)54(6,7)8)69-52(59)63-32-40-17-13-10-14-18-40/h9-18,27-30,47-48H,19-26,31-36H2,1-8H3. The molecular weight excluding hydrogens is 885 g/mol. The number of carbonyl (C=O) groups is 4. The zero-order valence-corrected chi connectivity index (χ0v) is 41.4. The van der Waals surface area contributed by atoms with Gasteiger partial charge in [-0.3, -0.25) is 9.59 Å². The van der Waals surface area contributed by atoms with Crippen molar-refractivity contribution in [2.45, 2.75) is 131 Å². The van der Waals surface area contributed by atoms with E-state index >= 15 is 0 Å². The molecule has 0 saturated carbocycles. The van der Waals surface area contributed by atoms with Gasteiger partial charge in [-0.1, -0.05) is 126 Å². The van der Waals surface area contributed by atoms with Crippen LogP contribution >= 0.6 is 0 Å². The van der Waals surface area contributed by atoms with Gasteiger partial charge in [0.15, 0.2) is 12.6 Å². The molecule has 69 heavy (non-hydrogen) atoms. The Balaban J connectivity index is 0.849. The second-order valence-corrected chi connectivity index (χ2v) is 20.0. The average molecular weight is 953 g/mol. The predicted octanol–water partition coefficient (Wildman–Crippen LogP) is 10.5. The van der Waals surface area contributed by atoms with Gasteiger partial charge in [0, 0.05) is 36.8 Å². The van der Waals surface area contributed by atoms with E-state index in [-0.39, 0.29) is 62.0 Å². The highest BCUT2D eigenvalue weighted by atomic mass is 16.7. The number of benzene rings is 4. The second kappa shape index (κ2) is 24.2. The molecule has 0 aromatic heterocycles. The van der Waals surface area contributed by atoms with Gasteiger partial charge in [-0.05, 0) is 70.9 Å². The first-order valence-electron chi connectivity index (χ1n) is 23.7. The van der Waals surface area contributed by atoms with Crippen molar-refractivity contribution < 1.29 is 66.5 Å². The van der Waals surface area contributed by atoms with Crippen LogP contribution in [-0.4, -0.2) is 76.5 Å². The third-order valence-electron chi connectivity index (χ3n) is 11.8. The van der Waals surface area contributed by atoms with Crippen LogP contribution in [0.15, 0.2) is 84.9 Å². The Bertz CT molecular complexity index is 2160. The third-order valence-corrected chi connectivity index (χ3v) is 11.8. The van der Waals surface area contributed by atoms with Crippen molar-refractivity contribution >= 4 is 24.2 Å². The number of hydrogen-bond acceptors (Lipinski definition) is 14. The van der Waals surface area contributed by atoms with E-state index in [1.807, 2.05) is 140 Å². The number of rotatable bonds is 18. The van der Waals surface area contributed by atoms with Gasteiger partial charge in [-0.15, -0.1) is 0 Å². The van der Waals surface area contributed by atoms with Gasteiger partial charge in [0.1, 0.15) is 24.7 Å². The molecule has 6 rings (SSSR count). The molecule has 0 aliphatic carbocycles. The van der Waals surface area contributed by atoms with E-state index in [1.165, 1.54) is 0 Å². The lowest BCUT2D eigenvalue weighted by molar-refractivity contribution is -0.305. The summed E-state index contributed by atoms with van der Waals surface area (Å²) in [4.78, 5) is 50.8. The van der Waals surface area contributed by atoms with Crippen molar-refractivity contribution in [3.8, 4) is 11.5 Å². The van der Waals surface area contributed by atoms with E-state index < -0.39 is 30.3 Å². The monoisotopic (exact) mass is 952 g/mol. The Labute approximate surface area is 406 Å². The SMILES string of the molecule is Cc1cc(CCC(=O)OCCC2OCC3(CO2)COC(CCOC(=O)CCc2cc(C)c(OC(=O)OCc4ccccc4)c(C(C)(C)C)c2)OC3)cc(C(C)(C)C)c1OC(=O)OCc1ccccc1. The van der Waals surface area contributed by atoms with Crippen molar-refractivity contribution in [3.05, 3.63) is 129 Å². The van der Waals surface area contributed by atoms with Crippen molar-refractivity contribution in [1.29, 1.82) is 0 Å². The Kier molecular flexibility index (Phi) is 18.4. The molecule has 0 radical (unpaired) electrons. The number of carbonyl (C=O) groups excluding carboxylic acids is 4. The summed E-state index contributed by atoms with van der Waals surface area (Å²) in [7, 11) is 0. The van der Waals surface area contributed by atoms with Crippen LogP contribution in [0.2, 0.25) is 0 Å². The van der Waals surface area contributed by atoms with Gasteiger partial charge in [0.25, 0.3) is 0 Å². The zero-order chi connectivity index (χ0) is 49.6. The smallest absolute Gasteiger partial charge is 0.465 e. The topological polar surface area (TPSA) is 161 Å². The van der Waals surface area contributed by atoms with E-state index in [9.17, 15) is 19.2 Å². The summed E-state index contributed by atoms with van der Waals surface area (Å²) in [5, 5.41) is 0. The van der Waals surface area contributed by atoms with Crippen LogP contribution in [0, 0.1) is 19.3 Å². The van der Waals surface area contributed by atoms with E-state index in [0.29, 0.717) is 63.6 Å². The predicted molar refractivity (Wildman–Crippen MR) is 256 cm³/mol. The molecule has 2 heterocycles. The normalized spacial score (nSPS) is 18.3. The quantitative estimate of drug-likeness (QED) is 0.0526. The van der Waals surface area contributed by atoms with Gasteiger partial charge in [-0.2, -0.15) is 0 Å². The van der Waals surface area contributed by atoms with Gasteiger partial charge >= 0.3 is 24.2 Å². The lowest BCUT2D eigenvalue weighted by Gasteiger charge is -2.43. The Morgan fingerprint density at radius 3 is 1.23 bits per heavy atom. The van der Waals surface area contributed by atoms with Crippen molar-refractivity contribution in [2.75, 3.05) is 39.6 Å². The largest absolute Gasteiger partial charge is 0.514 e. The van der Waals surface area contributed by atoms with Crippen LogP contribution in [0.3, 0.4) is 0 Å². The number of ether oxygens (including phenoxy) is 10. The number of aryl methyl sites for hydroxylation is 4. The van der Waals surface area contributed by atoms with Crippen LogP contribution in [0.5, 0.6) is 11.5 Å². The summed E-state index contributed by atoms with van der Waals surface area (Å²) in [6.45, 7) is 17.9. The molecule has 0 atom stereocenters. The minimum absolute atomic E-state index is 0.107. The van der Waals surface area contributed by atoms with Crippen LogP contribution in [0.1, 0.15) is 112 Å². The van der Waals surface area contributed by atoms with Crippen LogP contribution < -0.4 is 9.47 Å². The maximum Gasteiger partial charge on any atom is 0.514 e. The zero-order valence-electron chi connectivity index (χ0n) is 41.4. The molecule has 0 bridgehead atoms. The van der Waals surface area contributed by atoms with Gasteiger partial charge < -0.3 is 47.4 Å². The third kappa shape index (κ3) is 16.1. The maximum atomic E-state index is 12.8. The summed E-state index contributed by atoms with van der Waals surface area (Å²) >= 11 is 0. The highest BCUT2D eigenvalue weighted by Crippen LogP contribution is 2.38. The highest BCUT2D eigenvalue weighted by Gasteiger charge is 2.42. The van der Waals surface area contributed by atoms with Crippen LogP contribution in [0.4, 0.5) is 9.59 Å². The van der Waals surface area contributed by atoms with Crippen molar-refractivity contribution in [2.24, 2.45) is 5.41 Å². The average Bonchev–Trinajstić information content (AvgIpc) is 3.31. The summed E-state index contributed by atoms with van der Waals surface area (Å²) < 4.78 is 57.2. The van der Waals surface area contributed by atoms with Crippen LogP contribution in [0.25, 0.3) is 0 Å². The summed E-state index contributed by atoms with van der Waals surface area (Å²) in [6, 6.07) is 26.6. The lowest BCUT2D eigenvalue weighted by Crippen LogP contribution is -2.52. The van der Waals surface area contributed by atoms with E-state index in [1.54, 1.807) is 0 Å². The molecule has 0 unspecified atom stereocenters. The molecule has 2 saturated heterocycles. The fourth-order valence-corrected chi connectivity index (χ4v) is 7.96. The van der Waals surface area contributed by atoms with Gasteiger partial charge in [-0.25, -0.2) is 9.59 Å². The minimum atomic E-state index is -0.778. The number of esters is 2. The minimum Gasteiger partial charge on any atom is -0.465 e. The first-order valence-corrected chi connectivity index (χ1v) is 23.7. The Hall–Kier alpha value is -5.80. The van der Waals surface area contributed by atoms with Gasteiger partial charge in [0.2, 0.25) is 0 Å². The Morgan fingerprint density at radius 2 is 0.884 bits per heavy atom. The Morgan fingerprint density at radius 1 is 0.522 bits per heavy atom. The molecule has 2 aliphatic rings. The molecule has 0 amide bonds. The fourth-order valence-electron chi connectivity index (χ4n) is 7.96. The molecule has 2 fully saturated rings. The highest BCUT2D eigenvalue weighted by molar-refractivity contribution is 5.71. The maximum absolute atomic E-state index is 12.8. The molecular formula is C55H68O14. The molecule has 4 aromatic carbocycles. The molecule has 4 aromatic rings. The molecule has 1 spiro atoms. The van der Waals surface area contributed by atoms with Crippen LogP contribution in [-0.2, 0) is 84.4 Å². The molecule has 372 valence electrons. The summed E-state index contributed by atoms with van der Waals surface area (Å²) in [6.07, 6.45) is -0.620. The fraction of sp³-hybridized carbons (Fsp3) is 0.491. The first kappa shape index (κ1) is 52.6. The van der Waals surface area contributed by atoms with Crippen molar-refractivity contribution in [3.63, 3.8) is 0 Å². The molecule has 0 N–H and O–H groups in total. The summed E-state index contributed by atoms with van der Waals surface area (Å²) in [5.41, 5.74) is 5.62. The lowest BCUT2D eigenvalue weighted by atomic mass is 9.83. The number of hydrogen-bond donors (Lipinski definition) is 0. The van der Waals surface area contributed by atoms with E-state index in [2.05, 4.69) is 0 Å². The second-order valence-electron chi connectivity index (χ2n) is 20.0. The first-order chi connectivity index (χ1) is 32.9. The van der Waals surface area contributed by atoms with E-state index in [4.69, 9.17) is 47.4 Å². The molecule has 14 heteroatoms. The molecule has 2 aliphatic heterocycles.